The van der Waals surface area contributed by atoms with Gasteiger partial charge in [-0.25, -0.2) is 8.78 Å². The quantitative estimate of drug-likeness (QED) is 0.242. The minimum absolute atomic E-state index is 0.122. The fraction of sp³-hybridized carbons (Fsp3) is 0.600. The van der Waals surface area contributed by atoms with Gasteiger partial charge in [0.05, 0.1) is 0 Å². The molecule has 1 saturated carbocycles. The number of alkyl halides is 3. The molecule has 0 radical (unpaired) electrons. The normalized spacial score (nSPS) is 22.3. The van der Waals surface area contributed by atoms with Crippen LogP contribution in [0.4, 0.5) is 22.0 Å². The van der Waals surface area contributed by atoms with Crippen LogP contribution in [0.2, 0.25) is 0 Å². The lowest BCUT2D eigenvalue weighted by Crippen LogP contribution is -2.20. The molecule has 2 aromatic rings. The number of rotatable bonds is 9. The molecule has 198 valence electrons. The first-order valence-electron chi connectivity index (χ1n) is 13.6. The largest absolute Gasteiger partial charge is 0.573 e. The van der Waals surface area contributed by atoms with Gasteiger partial charge >= 0.3 is 6.36 Å². The molecular weight excluding hydrogens is 471 g/mol. The third-order valence-corrected chi connectivity index (χ3v) is 8.24. The lowest BCUT2D eigenvalue weighted by molar-refractivity contribution is -0.275. The average Bonchev–Trinajstić information content (AvgIpc) is 2.85. The van der Waals surface area contributed by atoms with Crippen molar-refractivity contribution in [1.82, 2.24) is 0 Å². The van der Waals surface area contributed by atoms with Gasteiger partial charge in [0.1, 0.15) is 5.82 Å². The maximum Gasteiger partial charge on any atom is 0.573 e. The number of unbranched alkanes of at least 4 members (excludes halogenated alkanes) is 4. The molecule has 6 heteroatoms. The highest BCUT2D eigenvalue weighted by Gasteiger charge is 2.34. The summed E-state index contributed by atoms with van der Waals surface area (Å²) < 4.78 is 71.2. The standard InChI is InChI=1S/C30H37F5O/c1-2-3-4-5-6-7-20-8-10-21(11-9-20)22-12-15-25(27(31)19-22)23-13-16-26-24(18-23)14-17-28(29(26)32)36-30(33,34)35/h12,14-15,17,19-21,23H,2-11,13,16,18H2,1H3. The Balaban J connectivity index is 1.34. The summed E-state index contributed by atoms with van der Waals surface area (Å²) >= 11 is 0. The van der Waals surface area contributed by atoms with E-state index < -0.39 is 17.9 Å². The van der Waals surface area contributed by atoms with Crippen molar-refractivity contribution in [2.24, 2.45) is 5.92 Å². The Morgan fingerprint density at radius 3 is 2.31 bits per heavy atom. The maximum atomic E-state index is 15.2. The molecule has 0 aromatic heterocycles. The summed E-state index contributed by atoms with van der Waals surface area (Å²) in [6.07, 6.45) is 8.76. The van der Waals surface area contributed by atoms with Gasteiger partial charge in [0.2, 0.25) is 0 Å². The van der Waals surface area contributed by atoms with E-state index in [1.165, 1.54) is 57.4 Å². The SMILES string of the molecule is CCCCCCCC1CCC(c2ccc(C3CCc4c(ccc(OC(F)(F)F)c4F)C3)c(F)c2)CC1. The molecule has 0 N–H and O–H groups in total. The highest BCUT2D eigenvalue weighted by molar-refractivity contribution is 5.42. The number of halogens is 5. The van der Waals surface area contributed by atoms with Crippen molar-refractivity contribution in [1.29, 1.82) is 0 Å². The summed E-state index contributed by atoms with van der Waals surface area (Å²) in [5.41, 5.74) is 2.54. The van der Waals surface area contributed by atoms with Crippen LogP contribution in [0, 0.1) is 17.6 Å². The van der Waals surface area contributed by atoms with E-state index >= 15 is 4.39 Å². The summed E-state index contributed by atoms with van der Waals surface area (Å²) in [4.78, 5) is 0. The minimum Gasteiger partial charge on any atom is -0.403 e. The van der Waals surface area contributed by atoms with Gasteiger partial charge < -0.3 is 4.74 Å². The third kappa shape index (κ3) is 6.80. The number of fused-ring (bicyclic) bond motifs is 1. The monoisotopic (exact) mass is 508 g/mol. The van der Waals surface area contributed by atoms with Crippen molar-refractivity contribution in [3.63, 3.8) is 0 Å². The fourth-order valence-corrected chi connectivity index (χ4v) is 6.21. The summed E-state index contributed by atoms with van der Waals surface area (Å²) in [6.45, 7) is 2.24. The Morgan fingerprint density at radius 2 is 1.61 bits per heavy atom. The van der Waals surface area contributed by atoms with Crippen LogP contribution in [0.5, 0.6) is 5.75 Å². The van der Waals surface area contributed by atoms with E-state index in [-0.39, 0.29) is 23.7 Å². The van der Waals surface area contributed by atoms with Crippen LogP contribution in [-0.4, -0.2) is 6.36 Å². The predicted molar refractivity (Wildman–Crippen MR) is 132 cm³/mol. The van der Waals surface area contributed by atoms with Crippen molar-refractivity contribution in [2.75, 3.05) is 0 Å². The van der Waals surface area contributed by atoms with Crippen LogP contribution >= 0.6 is 0 Å². The second kappa shape index (κ2) is 12.0. The Labute approximate surface area is 211 Å². The first kappa shape index (κ1) is 26.9. The fourth-order valence-electron chi connectivity index (χ4n) is 6.21. The Kier molecular flexibility index (Phi) is 8.95. The molecule has 0 aliphatic heterocycles. The van der Waals surface area contributed by atoms with Gasteiger partial charge in [-0.1, -0.05) is 63.6 Å². The zero-order valence-electron chi connectivity index (χ0n) is 21.1. The number of hydrogen-bond acceptors (Lipinski definition) is 1. The first-order chi connectivity index (χ1) is 17.2. The first-order valence-corrected chi connectivity index (χ1v) is 13.6. The van der Waals surface area contributed by atoms with E-state index in [0.29, 0.717) is 29.9 Å². The molecule has 2 aromatic carbocycles. The van der Waals surface area contributed by atoms with Crippen molar-refractivity contribution in [2.45, 2.75) is 109 Å². The van der Waals surface area contributed by atoms with Gasteiger partial charge in [0.25, 0.3) is 0 Å². The number of ether oxygens (including phenoxy) is 1. The average molecular weight is 509 g/mol. The van der Waals surface area contributed by atoms with E-state index in [4.69, 9.17) is 0 Å². The molecule has 36 heavy (non-hydrogen) atoms. The lowest BCUT2D eigenvalue weighted by atomic mass is 9.76. The molecule has 2 aliphatic rings. The zero-order chi connectivity index (χ0) is 25.7. The van der Waals surface area contributed by atoms with E-state index in [9.17, 15) is 17.6 Å². The minimum atomic E-state index is -4.94. The molecule has 1 unspecified atom stereocenters. The van der Waals surface area contributed by atoms with Crippen LogP contribution in [0.1, 0.15) is 112 Å². The molecule has 1 fully saturated rings. The molecule has 1 atom stereocenters. The van der Waals surface area contributed by atoms with Crippen molar-refractivity contribution in [3.8, 4) is 5.75 Å². The molecule has 0 saturated heterocycles. The molecule has 0 spiro atoms. The van der Waals surface area contributed by atoms with E-state index in [1.807, 2.05) is 12.1 Å². The maximum absolute atomic E-state index is 15.2. The smallest absolute Gasteiger partial charge is 0.403 e. The van der Waals surface area contributed by atoms with Crippen LogP contribution in [-0.2, 0) is 12.8 Å². The summed E-state index contributed by atoms with van der Waals surface area (Å²) in [7, 11) is 0. The van der Waals surface area contributed by atoms with E-state index in [1.54, 1.807) is 6.07 Å². The van der Waals surface area contributed by atoms with Gasteiger partial charge in [-0.3, -0.25) is 0 Å². The van der Waals surface area contributed by atoms with Crippen molar-refractivity contribution >= 4 is 0 Å². The van der Waals surface area contributed by atoms with Crippen molar-refractivity contribution < 1.29 is 26.7 Å². The Morgan fingerprint density at radius 1 is 0.861 bits per heavy atom. The Bertz CT molecular complexity index is 1010. The van der Waals surface area contributed by atoms with Gasteiger partial charge in [-0.05, 0) is 97.1 Å². The van der Waals surface area contributed by atoms with Gasteiger partial charge in [-0.15, -0.1) is 13.2 Å². The summed E-state index contributed by atoms with van der Waals surface area (Å²) in [5, 5.41) is 0. The molecule has 4 rings (SSSR count). The summed E-state index contributed by atoms with van der Waals surface area (Å²) in [6, 6.07) is 8.09. The van der Waals surface area contributed by atoms with E-state index in [2.05, 4.69) is 11.7 Å². The second-order valence-electron chi connectivity index (χ2n) is 10.7. The molecule has 0 amide bonds. The molecule has 0 heterocycles. The molecular formula is C30H37F5O. The molecule has 2 aliphatic carbocycles. The van der Waals surface area contributed by atoms with Crippen LogP contribution in [0.15, 0.2) is 30.3 Å². The lowest BCUT2D eigenvalue weighted by Gasteiger charge is -2.30. The highest BCUT2D eigenvalue weighted by Crippen LogP contribution is 2.41. The highest BCUT2D eigenvalue weighted by atomic mass is 19.4. The Hall–Kier alpha value is -2.11. The zero-order valence-corrected chi connectivity index (χ0v) is 21.1. The van der Waals surface area contributed by atoms with Gasteiger partial charge in [0.15, 0.2) is 11.6 Å². The topological polar surface area (TPSA) is 9.23 Å². The van der Waals surface area contributed by atoms with Gasteiger partial charge in [0, 0.05) is 0 Å². The van der Waals surface area contributed by atoms with Crippen LogP contribution < -0.4 is 4.74 Å². The number of benzene rings is 2. The molecule has 1 nitrogen and oxygen atoms in total. The third-order valence-electron chi connectivity index (χ3n) is 8.24. The van der Waals surface area contributed by atoms with Crippen LogP contribution in [0.25, 0.3) is 0 Å². The van der Waals surface area contributed by atoms with Crippen LogP contribution in [0.3, 0.4) is 0 Å². The van der Waals surface area contributed by atoms with Crippen molar-refractivity contribution in [3.05, 3.63) is 64.2 Å². The number of hydrogen-bond donors (Lipinski definition) is 0. The van der Waals surface area contributed by atoms with E-state index in [0.717, 1.165) is 30.4 Å². The second-order valence-corrected chi connectivity index (χ2v) is 10.7. The van der Waals surface area contributed by atoms with Gasteiger partial charge in [-0.2, -0.15) is 0 Å². The summed E-state index contributed by atoms with van der Waals surface area (Å²) in [5.74, 6) is -0.910. The molecule has 0 bridgehead atoms. The predicted octanol–water partition coefficient (Wildman–Crippen LogP) is 9.77.